The van der Waals surface area contributed by atoms with Crippen LogP contribution in [0.1, 0.15) is 39.2 Å². The smallest absolute Gasteiger partial charge is 0.328 e. The maximum absolute atomic E-state index is 11.0. The Kier molecular flexibility index (Phi) is 10.8. The predicted octanol–water partition coefficient (Wildman–Crippen LogP) is 3.38. The Morgan fingerprint density at radius 3 is 2.48 bits per heavy atom. The van der Waals surface area contributed by atoms with E-state index in [1.807, 2.05) is 57.2 Å². The average molecular weight is 290 g/mol. The van der Waals surface area contributed by atoms with Crippen molar-refractivity contribution in [3.8, 4) is 0 Å². The van der Waals surface area contributed by atoms with Gasteiger partial charge < -0.3 is 10.8 Å². The van der Waals surface area contributed by atoms with Gasteiger partial charge in [-0.3, -0.25) is 4.99 Å². The van der Waals surface area contributed by atoms with Crippen molar-refractivity contribution in [3.05, 3.63) is 41.5 Å². The highest BCUT2D eigenvalue weighted by molar-refractivity contribution is 5.87. The van der Waals surface area contributed by atoms with E-state index in [9.17, 15) is 4.79 Å². The Balaban J connectivity index is 0.00000191. The Bertz CT molecular complexity index is 453. The van der Waals surface area contributed by atoms with Crippen LogP contribution in [0.25, 0.3) is 6.08 Å². The fourth-order valence-corrected chi connectivity index (χ4v) is 1.63. The predicted molar refractivity (Wildman–Crippen MR) is 89.6 cm³/mol. The number of carbonyl (C=O) groups is 1. The molecule has 0 radical (unpaired) electrons. The van der Waals surface area contributed by atoms with Crippen LogP contribution >= 0.6 is 0 Å². The monoisotopic (exact) mass is 290 g/mol. The van der Waals surface area contributed by atoms with Crippen LogP contribution in [-0.2, 0) is 4.79 Å². The fraction of sp³-hybridized carbons (Fsp3) is 0.412. The molecule has 0 saturated carbocycles. The van der Waals surface area contributed by atoms with E-state index in [1.165, 1.54) is 0 Å². The lowest BCUT2D eigenvalue weighted by Crippen LogP contribution is -2.19. The van der Waals surface area contributed by atoms with Crippen LogP contribution in [0.5, 0.6) is 0 Å². The van der Waals surface area contributed by atoms with Gasteiger partial charge in [-0.15, -0.1) is 0 Å². The highest BCUT2D eigenvalue weighted by Gasteiger charge is 2.13. The van der Waals surface area contributed by atoms with E-state index < -0.39 is 12.0 Å². The van der Waals surface area contributed by atoms with E-state index in [4.69, 9.17) is 10.8 Å². The van der Waals surface area contributed by atoms with Gasteiger partial charge in [0.05, 0.1) is 0 Å². The number of nitrogens with two attached hydrogens (primary N) is 1. The molecule has 0 bridgehead atoms. The molecule has 0 aliphatic heterocycles. The summed E-state index contributed by atoms with van der Waals surface area (Å²) in [6, 6.07) is 9.13. The first-order valence-electron chi connectivity index (χ1n) is 7.33. The zero-order valence-corrected chi connectivity index (χ0v) is 13.1. The van der Waals surface area contributed by atoms with Crippen molar-refractivity contribution in [1.29, 1.82) is 0 Å². The maximum atomic E-state index is 11.0. The van der Waals surface area contributed by atoms with Gasteiger partial charge in [0.1, 0.15) is 6.04 Å². The molecule has 0 aliphatic rings. The van der Waals surface area contributed by atoms with Gasteiger partial charge in [-0.05, 0) is 37.4 Å². The lowest BCUT2D eigenvalue weighted by molar-refractivity contribution is -0.138. The summed E-state index contributed by atoms with van der Waals surface area (Å²) < 4.78 is 0. The number of carboxylic acid groups (broad SMARTS) is 1. The van der Waals surface area contributed by atoms with Gasteiger partial charge >= 0.3 is 5.97 Å². The summed E-state index contributed by atoms with van der Waals surface area (Å²) in [5.41, 5.74) is 7.37. The maximum Gasteiger partial charge on any atom is 0.328 e. The van der Waals surface area contributed by atoms with Crippen LogP contribution in [0, 0.1) is 0 Å². The molecule has 3 N–H and O–H groups in total. The molecule has 1 aromatic rings. The molecule has 0 amide bonds. The quantitative estimate of drug-likeness (QED) is 0.756. The Hall–Kier alpha value is -1.94. The van der Waals surface area contributed by atoms with Gasteiger partial charge in [-0.2, -0.15) is 0 Å². The molecule has 0 aromatic heterocycles. The van der Waals surface area contributed by atoms with E-state index in [0.29, 0.717) is 19.4 Å². The summed E-state index contributed by atoms with van der Waals surface area (Å²) in [4.78, 5) is 15.1. The minimum Gasteiger partial charge on any atom is -0.480 e. The number of allylic oxidation sites excluding steroid dienone is 1. The van der Waals surface area contributed by atoms with E-state index in [0.717, 1.165) is 11.1 Å². The molecule has 0 saturated heterocycles. The molecule has 4 nitrogen and oxygen atoms in total. The van der Waals surface area contributed by atoms with Gasteiger partial charge in [0.2, 0.25) is 0 Å². The van der Waals surface area contributed by atoms with Crippen LogP contribution in [0.2, 0.25) is 0 Å². The SMILES string of the molecule is C/C(C=NC(CCCN)C(=O)O)=C\c1ccccc1.CC. The largest absolute Gasteiger partial charge is 0.480 e. The lowest BCUT2D eigenvalue weighted by Gasteiger charge is -2.05. The number of hydrogen-bond acceptors (Lipinski definition) is 3. The van der Waals surface area contributed by atoms with Crippen LogP contribution in [0.3, 0.4) is 0 Å². The summed E-state index contributed by atoms with van der Waals surface area (Å²) >= 11 is 0. The number of carboxylic acids is 1. The number of hydrogen-bond donors (Lipinski definition) is 2. The van der Waals surface area contributed by atoms with E-state index in [1.54, 1.807) is 6.21 Å². The van der Waals surface area contributed by atoms with Crippen molar-refractivity contribution in [2.45, 2.75) is 39.7 Å². The first-order valence-corrected chi connectivity index (χ1v) is 7.33. The third-order valence-corrected chi connectivity index (χ3v) is 2.62. The zero-order chi connectivity index (χ0) is 16.1. The number of nitrogens with zero attached hydrogens (tertiary/aromatic N) is 1. The van der Waals surface area contributed by atoms with E-state index in [-0.39, 0.29) is 0 Å². The minimum absolute atomic E-state index is 0.473. The molecule has 1 rings (SSSR count). The van der Waals surface area contributed by atoms with Gasteiger partial charge in [-0.1, -0.05) is 50.3 Å². The van der Waals surface area contributed by atoms with Crippen LogP contribution in [0.15, 0.2) is 40.9 Å². The van der Waals surface area contributed by atoms with Crippen LogP contribution in [-0.4, -0.2) is 29.9 Å². The van der Waals surface area contributed by atoms with E-state index >= 15 is 0 Å². The molecule has 4 heteroatoms. The molecule has 0 heterocycles. The highest BCUT2D eigenvalue weighted by Crippen LogP contribution is 2.06. The molecule has 116 valence electrons. The molecule has 0 spiro atoms. The molecule has 1 atom stereocenters. The number of rotatable bonds is 7. The molecular weight excluding hydrogens is 264 g/mol. The van der Waals surface area contributed by atoms with Gasteiger partial charge in [0, 0.05) is 6.21 Å². The summed E-state index contributed by atoms with van der Waals surface area (Å²) in [7, 11) is 0. The molecule has 0 fully saturated rings. The summed E-state index contributed by atoms with van der Waals surface area (Å²) in [5.74, 6) is -0.905. The van der Waals surface area contributed by atoms with Crippen LogP contribution in [0.4, 0.5) is 0 Å². The Morgan fingerprint density at radius 2 is 1.95 bits per heavy atom. The van der Waals surface area contributed by atoms with Gasteiger partial charge in [0.25, 0.3) is 0 Å². The topological polar surface area (TPSA) is 75.7 Å². The van der Waals surface area contributed by atoms with E-state index in [2.05, 4.69) is 4.99 Å². The third kappa shape index (κ3) is 8.76. The summed E-state index contributed by atoms with van der Waals surface area (Å²) in [6.45, 7) is 6.39. The van der Waals surface area contributed by atoms with Crippen molar-refractivity contribution < 1.29 is 9.90 Å². The Labute approximate surface area is 127 Å². The van der Waals surface area contributed by atoms with Crippen molar-refractivity contribution in [1.82, 2.24) is 0 Å². The third-order valence-electron chi connectivity index (χ3n) is 2.62. The van der Waals surface area contributed by atoms with Crippen molar-refractivity contribution in [3.63, 3.8) is 0 Å². The standard InChI is InChI=1S/C15H20N2O2.C2H6/c1-12(10-13-6-3-2-4-7-13)11-17-14(15(18)19)8-5-9-16;1-2/h2-4,6-7,10-11,14H,5,8-9,16H2,1H3,(H,18,19);1-2H3/b12-10+,17-11?;. The number of benzene rings is 1. The normalized spacial score (nSPS) is 12.7. The summed E-state index contributed by atoms with van der Waals surface area (Å²) in [6.07, 6.45) is 4.71. The average Bonchev–Trinajstić information content (AvgIpc) is 2.50. The zero-order valence-electron chi connectivity index (χ0n) is 13.1. The van der Waals surface area contributed by atoms with Crippen molar-refractivity contribution in [2.24, 2.45) is 10.7 Å². The summed E-state index contributed by atoms with van der Waals surface area (Å²) in [5, 5.41) is 9.03. The molecule has 1 unspecified atom stereocenters. The second-order valence-corrected chi connectivity index (χ2v) is 4.36. The minimum atomic E-state index is -0.905. The second-order valence-electron chi connectivity index (χ2n) is 4.36. The van der Waals surface area contributed by atoms with Crippen molar-refractivity contribution >= 4 is 18.3 Å². The molecule has 0 aliphatic carbocycles. The molecular formula is C17H26N2O2. The first kappa shape index (κ1) is 19.1. The van der Waals surface area contributed by atoms with Gasteiger partial charge in [-0.25, -0.2) is 4.79 Å². The lowest BCUT2D eigenvalue weighted by atomic mass is 10.1. The fourth-order valence-electron chi connectivity index (χ4n) is 1.63. The van der Waals surface area contributed by atoms with Crippen molar-refractivity contribution in [2.75, 3.05) is 6.54 Å². The number of aliphatic carboxylic acids is 1. The Morgan fingerprint density at radius 1 is 1.33 bits per heavy atom. The molecule has 1 aromatic carbocycles. The molecule has 21 heavy (non-hydrogen) atoms. The second kappa shape index (κ2) is 11.9. The highest BCUT2D eigenvalue weighted by atomic mass is 16.4. The van der Waals surface area contributed by atoms with Crippen LogP contribution < -0.4 is 5.73 Å². The van der Waals surface area contributed by atoms with Gasteiger partial charge in [0.15, 0.2) is 0 Å². The number of aliphatic imine (C=N–C) groups is 1. The first-order chi connectivity index (χ1) is 10.1.